The number of nitro benzene ring substituents is 1. The van der Waals surface area contributed by atoms with Crippen molar-refractivity contribution >= 4 is 17.1 Å². The fourth-order valence-electron chi connectivity index (χ4n) is 2.18. The van der Waals surface area contributed by atoms with E-state index in [0.717, 1.165) is 11.1 Å². The molecule has 0 atom stereocenters. The van der Waals surface area contributed by atoms with Gasteiger partial charge in [-0.15, -0.1) is 0 Å². The molecule has 0 heterocycles. The average molecular weight is 289 g/mol. The Morgan fingerprint density at radius 2 is 2.10 bits per heavy atom. The molecule has 0 fully saturated rings. The number of halogens is 1. The molecule has 0 aliphatic rings. The number of nitrogens with two attached hydrogens (primary N) is 1. The molecule has 3 N–H and O–H groups in total. The minimum Gasteiger partial charge on any atom is -0.393 e. The monoisotopic (exact) mass is 289 g/mol. The molecule has 0 aliphatic heterocycles. The fourth-order valence-corrected chi connectivity index (χ4v) is 2.18. The van der Waals surface area contributed by atoms with Crippen molar-refractivity contribution < 1.29 is 9.31 Å². The normalized spacial score (nSPS) is 10.4. The minimum atomic E-state index is -0.499. The van der Waals surface area contributed by atoms with Gasteiger partial charge in [-0.3, -0.25) is 10.1 Å². The molecule has 2 aromatic rings. The van der Waals surface area contributed by atoms with E-state index >= 15 is 0 Å². The highest BCUT2D eigenvalue weighted by molar-refractivity contribution is 5.74. The van der Waals surface area contributed by atoms with E-state index in [0.29, 0.717) is 18.7 Å². The summed E-state index contributed by atoms with van der Waals surface area (Å²) in [5.41, 5.74) is 7.88. The first kappa shape index (κ1) is 14.8. The smallest absolute Gasteiger partial charge is 0.314 e. The Labute approximate surface area is 121 Å². The lowest BCUT2D eigenvalue weighted by Gasteiger charge is -2.10. The Hall–Kier alpha value is -2.63. The van der Waals surface area contributed by atoms with Crippen LogP contribution in [0.25, 0.3) is 0 Å². The maximum Gasteiger partial charge on any atom is 0.314 e. The van der Waals surface area contributed by atoms with Gasteiger partial charge in [-0.25, -0.2) is 4.39 Å². The summed E-state index contributed by atoms with van der Waals surface area (Å²) in [6.45, 7) is 2.33. The van der Waals surface area contributed by atoms with Gasteiger partial charge in [0.1, 0.15) is 17.2 Å². The number of nitrogens with one attached hydrogen (secondary N) is 1. The molecule has 0 saturated carbocycles. The Balaban J connectivity index is 2.07. The highest BCUT2D eigenvalue weighted by Gasteiger charge is 2.17. The van der Waals surface area contributed by atoms with Gasteiger partial charge in [0.25, 0.3) is 0 Å². The topological polar surface area (TPSA) is 81.2 Å². The molecular weight excluding hydrogens is 273 g/mol. The number of anilines is 2. The molecule has 0 saturated heterocycles. The summed E-state index contributed by atoms with van der Waals surface area (Å²) in [5.74, 6) is -0.268. The second-order valence-corrected chi connectivity index (χ2v) is 4.75. The van der Waals surface area contributed by atoms with E-state index in [4.69, 9.17) is 5.73 Å². The van der Waals surface area contributed by atoms with E-state index in [1.807, 2.05) is 6.92 Å². The molecule has 5 nitrogen and oxygen atoms in total. The number of para-hydroxylation sites is 1. The zero-order valence-electron chi connectivity index (χ0n) is 11.6. The van der Waals surface area contributed by atoms with Crippen LogP contribution in [0.5, 0.6) is 0 Å². The first-order chi connectivity index (χ1) is 9.99. The number of nitro groups is 1. The Morgan fingerprint density at radius 3 is 2.76 bits per heavy atom. The third-order valence-electron chi connectivity index (χ3n) is 3.26. The van der Waals surface area contributed by atoms with Crippen molar-refractivity contribution in [3.8, 4) is 0 Å². The molecule has 6 heteroatoms. The molecule has 0 bridgehead atoms. The first-order valence-corrected chi connectivity index (χ1v) is 6.51. The molecule has 0 spiro atoms. The van der Waals surface area contributed by atoms with Crippen LogP contribution in [0.4, 0.5) is 21.5 Å². The van der Waals surface area contributed by atoms with E-state index in [2.05, 4.69) is 5.32 Å². The minimum absolute atomic E-state index is 0.117. The van der Waals surface area contributed by atoms with Crippen LogP contribution in [0, 0.1) is 22.9 Å². The molecule has 2 rings (SSSR count). The van der Waals surface area contributed by atoms with Crippen LogP contribution < -0.4 is 11.1 Å². The van der Waals surface area contributed by atoms with E-state index < -0.39 is 4.92 Å². The summed E-state index contributed by atoms with van der Waals surface area (Å²) in [4.78, 5) is 10.5. The lowest BCUT2D eigenvalue weighted by atomic mass is 10.1. The quantitative estimate of drug-likeness (QED) is 0.503. The number of rotatable bonds is 5. The lowest BCUT2D eigenvalue weighted by molar-refractivity contribution is -0.383. The van der Waals surface area contributed by atoms with Crippen LogP contribution in [-0.4, -0.2) is 11.5 Å². The van der Waals surface area contributed by atoms with Gasteiger partial charge in [0, 0.05) is 6.54 Å². The van der Waals surface area contributed by atoms with Crippen molar-refractivity contribution in [3.63, 3.8) is 0 Å². The molecule has 0 radical (unpaired) electrons. The van der Waals surface area contributed by atoms with Crippen LogP contribution in [0.1, 0.15) is 11.1 Å². The predicted octanol–water partition coefficient (Wildman–Crippen LogP) is 3.28. The molecule has 0 aliphatic carbocycles. The van der Waals surface area contributed by atoms with Gasteiger partial charge in [0.15, 0.2) is 0 Å². The number of hydrogen-bond acceptors (Lipinski definition) is 4. The Kier molecular flexibility index (Phi) is 4.37. The lowest BCUT2D eigenvalue weighted by Crippen LogP contribution is -2.08. The summed E-state index contributed by atoms with van der Waals surface area (Å²) in [7, 11) is 0. The van der Waals surface area contributed by atoms with E-state index in [9.17, 15) is 14.5 Å². The largest absolute Gasteiger partial charge is 0.393 e. The zero-order valence-corrected chi connectivity index (χ0v) is 11.6. The van der Waals surface area contributed by atoms with Gasteiger partial charge in [-0.05, 0) is 48.7 Å². The van der Waals surface area contributed by atoms with Crippen molar-refractivity contribution in [2.45, 2.75) is 13.3 Å². The van der Waals surface area contributed by atoms with E-state index in [1.165, 1.54) is 18.2 Å². The van der Waals surface area contributed by atoms with Crippen molar-refractivity contribution in [1.82, 2.24) is 0 Å². The molecule has 2 aromatic carbocycles. The van der Waals surface area contributed by atoms with E-state index in [1.54, 1.807) is 18.2 Å². The maximum atomic E-state index is 13.0. The molecule has 0 amide bonds. The molecule has 110 valence electrons. The summed E-state index contributed by atoms with van der Waals surface area (Å²) in [6, 6.07) is 9.37. The van der Waals surface area contributed by atoms with Crippen LogP contribution in [0.2, 0.25) is 0 Å². The molecule has 0 unspecified atom stereocenters. The summed E-state index contributed by atoms with van der Waals surface area (Å²) in [6.07, 6.45) is 0.637. The van der Waals surface area contributed by atoms with Gasteiger partial charge < -0.3 is 11.1 Å². The van der Waals surface area contributed by atoms with Gasteiger partial charge in [0.05, 0.1) is 4.92 Å². The van der Waals surface area contributed by atoms with Crippen molar-refractivity contribution in [2.75, 3.05) is 17.6 Å². The SMILES string of the molecule is Cc1cc(F)ccc1CCNc1cccc(N)c1[N+](=O)[O-]. The predicted molar refractivity (Wildman–Crippen MR) is 80.8 cm³/mol. The van der Waals surface area contributed by atoms with Crippen molar-refractivity contribution in [1.29, 1.82) is 0 Å². The second-order valence-electron chi connectivity index (χ2n) is 4.75. The maximum absolute atomic E-state index is 13.0. The highest BCUT2D eigenvalue weighted by Crippen LogP contribution is 2.30. The van der Waals surface area contributed by atoms with Crippen LogP contribution in [-0.2, 0) is 6.42 Å². The highest BCUT2D eigenvalue weighted by atomic mass is 19.1. The van der Waals surface area contributed by atoms with Crippen LogP contribution in [0.15, 0.2) is 36.4 Å². The third kappa shape index (κ3) is 3.47. The van der Waals surface area contributed by atoms with Gasteiger partial charge in [-0.2, -0.15) is 0 Å². The van der Waals surface area contributed by atoms with Gasteiger partial charge >= 0.3 is 5.69 Å². The number of benzene rings is 2. The Bertz CT molecular complexity index is 674. The summed E-state index contributed by atoms with van der Waals surface area (Å²) < 4.78 is 13.0. The number of aryl methyl sites for hydroxylation is 1. The average Bonchev–Trinajstić information content (AvgIpc) is 2.41. The summed E-state index contributed by atoms with van der Waals surface area (Å²) >= 11 is 0. The molecule has 0 aromatic heterocycles. The van der Waals surface area contributed by atoms with Gasteiger partial charge in [0.2, 0.25) is 0 Å². The van der Waals surface area contributed by atoms with E-state index in [-0.39, 0.29) is 17.2 Å². The summed E-state index contributed by atoms with van der Waals surface area (Å²) in [5, 5.41) is 14.0. The van der Waals surface area contributed by atoms with Gasteiger partial charge in [-0.1, -0.05) is 12.1 Å². The number of nitrogens with zero attached hydrogens (tertiary/aromatic N) is 1. The second kappa shape index (κ2) is 6.21. The third-order valence-corrected chi connectivity index (χ3v) is 3.26. The zero-order chi connectivity index (χ0) is 15.4. The molecular formula is C15H16FN3O2. The molecule has 21 heavy (non-hydrogen) atoms. The Morgan fingerprint density at radius 1 is 1.33 bits per heavy atom. The fraction of sp³-hybridized carbons (Fsp3) is 0.200. The van der Waals surface area contributed by atoms with Crippen LogP contribution in [0.3, 0.4) is 0 Å². The first-order valence-electron chi connectivity index (χ1n) is 6.51. The standard InChI is InChI=1S/C15H16FN3O2/c1-10-9-12(16)6-5-11(10)7-8-18-14-4-2-3-13(17)15(14)19(20)21/h2-6,9,18H,7-8,17H2,1H3. The number of hydrogen-bond donors (Lipinski definition) is 2. The van der Waals surface area contributed by atoms with Crippen molar-refractivity contribution in [3.05, 3.63) is 63.5 Å². The van der Waals surface area contributed by atoms with Crippen LogP contribution >= 0.6 is 0 Å². The number of nitrogen functional groups attached to an aromatic ring is 1. The van der Waals surface area contributed by atoms with Crippen molar-refractivity contribution in [2.24, 2.45) is 0 Å².